The van der Waals surface area contributed by atoms with Gasteiger partial charge in [0.15, 0.2) is 0 Å². The first-order chi connectivity index (χ1) is 7.60. The van der Waals surface area contributed by atoms with E-state index in [0.29, 0.717) is 5.92 Å². The van der Waals surface area contributed by atoms with Crippen molar-refractivity contribution in [2.24, 2.45) is 5.92 Å². The number of halogens is 2. The minimum Gasteiger partial charge on any atom is -0.131 e. The Bertz CT molecular complexity index is 296. The lowest BCUT2D eigenvalue weighted by atomic mass is 9.93. The summed E-state index contributed by atoms with van der Waals surface area (Å²) in [5.74, 6) is 0.626. The maximum atomic E-state index is 6.60. The topological polar surface area (TPSA) is 0 Å². The molecule has 0 amide bonds. The number of thiophene rings is 1. The van der Waals surface area contributed by atoms with E-state index in [4.69, 9.17) is 11.6 Å². The molecule has 0 aliphatic carbocycles. The molecule has 16 heavy (non-hydrogen) atoms. The Balaban J connectivity index is 2.76. The van der Waals surface area contributed by atoms with Gasteiger partial charge in [-0.15, -0.1) is 22.9 Å². The van der Waals surface area contributed by atoms with Crippen LogP contribution >= 0.6 is 38.9 Å². The summed E-state index contributed by atoms with van der Waals surface area (Å²) in [4.78, 5) is 1.32. The summed E-state index contributed by atoms with van der Waals surface area (Å²) in [6.07, 6.45) is 4.91. The van der Waals surface area contributed by atoms with Crippen molar-refractivity contribution in [2.75, 3.05) is 0 Å². The zero-order chi connectivity index (χ0) is 12.1. The third kappa shape index (κ3) is 3.75. The number of rotatable bonds is 6. The lowest BCUT2D eigenvalue weighted by Crippen LogP contribution is -2.06. The van der Waals surface area contributed by atoms with Crippen LogP contribution in [0.2, 0.25) is 0 Å². The first-order valence-corrected chi connectivity index (χ1v) is 8.04. The number of alkyl halides is 1. The Morgan fingerprint density at radius 2 is 1.88 bits per heavy atom. The minimum atomic E-state index is 0.190. The van der Waals surface area contributed by atoms with E-state index in [1.54, 1.807) is 11.3 Å². The molecule has 1 atom stereocenters. The SMILES string of the molecule is CCCC(CCC)C(Cl)c1cc(C)c(Br)s1. The summed E-state index contributed by atoms with van der Waals surface area (Å²) in [5.41, 5.74) is 1.30. The molecule has 1 rings (SSSR count). The van der Waals surface area contributed by atoms with Crippen LogP contribution in [-0.4, -0.2) is 0 Å². The van der Waals surface area contributed by atoms with E-state index >= 15 is 0 Å². The molecule has 0 bridgehead atoms. The van der Waals surface area contributed by atoms with Crippen molar-refractivity contribution < 1.29 is 0 Å². The normalized spacial score (nSPS) is 13.4. The molecule has 0 saturated carbocycles. The molecular weight excluding hydrogens is 304 g/mol. The summed E-state index contributed by atoms with van der Waals surface area (Å²) in [7, 11) is 0. The van der Waals surface area contributed by atoms with Crippen LogP contribution < -0.4 is 0 Å². The Kier molecular flexibility index (Phi) is 6.38. The van der Waals surface area contributed by atoms with Gasteiger partial charge in [-0.2, -0.15) is 0 Å². The van der Waals surface area contributed by atoms with E-state index in [9.17, 15) is 0 Å². The summed E-state index contributed by atoms with van der Waals surface area (Å²) >= 11 is 12.0. The predicted octanol–water partition coefficient (Wildman–Crippen LogP) is 6.32. The smallest absolute Gasteiger partial charge is 0.0731 e. The minimum absolute atomic E-state index is 0.190. The quantitative estimate of drug-likeness (QED) is 0.538. The largest absolute Gasteiger partial charge is 0.131 e. The average Bonchev–Trinajstić information content (AvgIpc) is 2.58. The third-order valence-electron chi connectivity index (χ3n) is 2.88. The van der Waals surface area contributed by atoms with Crippen LogP contribution in [0.4, 0.5) is 0 Å². The number of aryl methyl sites for hydroxylation is 1. The van der Waals surface area contributed by atoms with Crippen LogP contribution in [0.1, 0.15) is 55.3 Å². The van der Waals surface area contributed by atoms with E-state index in [0.717, 1.165) is 0 Å². The van der Waals surface area contributed by atoms with Gasteiger partial charge in [-0.05, 0) is 53.2 Å². The molecule has 0 nitrogen and oxygen atoms in total. The fraction of sp³-hybridized carbons (Fsp3) is 0.692. The zero-order valence-electron chi connectivity index (χ0n) is 10.2. The van der Waals surface area contributed by atoms with Gasteiger partial charge in [0, 0.05) is 4.88 Å². The van der Waals surface area contributed by atoms with Crippen molar-refractivity contribution in [2.45, 2.75) is 51.8 Å². The van der Waals surface area contributed by atoms with Crippen molar-refractivity contribution in [3.8, 4) is 0 Å². The lowest BCUT2D eigenvalue weighted by Gasteiger charge is -2.20. The lowest BCUT2D eigenvalue weighted by molar-refractivity contribution is 0.429. The third-order valence-corrected chi connectivity index (χ3v) is 5.82. The molecule has 1 unspecified atom stereocenters. The Hall–Kier alpha value is 0.470. The van der Waals surface area contributed by atoms with Gasteiger partial charge in [0.05, 0.1) is 9.16 Å². The Morgan fingerprint density at radius 1 is 1.31 bits per heavy atom. The highest BCUT2D eigenvalue weighted by molar-refractivity contribution is 9.11. The van der Waals surface area contributed by atoms with Gasteiger partial charge >= 0.3 is 0 Å². The molecule has 0 radical (unpaired) electrons. The molecule has 1 aromatic rings. The standard InChI is InChI=1S/C13H20BrClS/c1-4-6-10(7-5-2)12(15)11-8-9(3)13(14)16-11/h8,10,12H,4-7H2,1-3H3. The van der Waals surface area contributed by atoms with E-state index in [1.165, 1.54) is 39.9 Å². The molecule has 0 aromatic carbocycles. The van der Waals surface area contributed by atoms with E-state index in [1.807, 2.05) is 0 Å². The van der Waals surface area contributed by atoms with Crippen LogP contribution in [-0.2, 0) is 0 Å². The summed E-state index contributed by atoms with van der Waals surface area (Å²) in [6, 6.07) is 2.23. The Morgan fingerprint density at radius 3 is 2.25 bits per heavy atom. The highest BCUT2D eigenvalue weighted by atomic mass is 79.9. The van der Waals surface area contributed by atoms with Gasteiger partial charge in [-0.3, -0.25) is 0 Å². The Labute approximate surface area is 117 Å². The fourth-order valence-electron chi connectivity index (χ4n) is 2.03. The van der Waals surface area contributed by atoms with Gasteiger partial charge in [0.1, 0.15) is 0 Å². The fourth-order valence-corrected chi connectivity index (χ4v) is 4.12. The van der Waals surface area contributed by atoms with Crippen molar-refractivity contribution in [3.05, 3.63) is 20.3 Å². The van der Waals surface area contributed by atoms with E-state index in [2.05, 4.69) is 42.8 Å². The van der Waals surface area contributed by atoms with Crippen LogP contribution in [0, 0.1) is 12.8 Å². The van der Waals surface area contributed by atoms with Crippen LogP contribution in [0.3, 0.4) is 0 Å². The maximum Gasteiger partial charge on any atom is 0.0731 e. The van der Waals surface area contributed by atoms with Crippen molar-refractivity contribution in [3.63, 3.8) is 0 Å². The number of hydrogen-bond donors (Lipinski definition) is 0. The molecule has 92 valence electrons. The maximum absolute atomic E-state index is 6.60. The van der Waals surface area contributed by atoms with Gasteiger partial charge in [-0.1, -0.05) is 26.7 Å². The van der Waals surface area contributed by atoms with Crippen LogP contribution in [0.15, 0.2) is 9.85 Å². The molecule has 3 heteroatoms. The monoisotopic (exact) mass is 322 g/mol. The molecule has 0 aliphatic heterocycles. The second-order valence-corrected chi connectivity index (χ2v) is 7.22. The predicted molar refractivity (Wildman–Crippen MR) is 78.7 cm³/mol. The van der Waals surface area contributed by atoms with E-state index < -0.39 is 0 Å². The summed E-state index contributed by atoms with van der Waals surface area (Å²) in [6.45, 7) is 6.60. The number of hydrogen-bond acceptors (Lipinski definition) is 1. The molecule has 0 aliphatic rings. The van der Waals surface area contributed by atoms with Crippen molar-refractivity contribution in [1.29, 1.82) is 0 Å². The highest BCUT2D eigenvalue weighted by Crippen LogP contribution is 2.41. The van der Waals surface area contributed by atoms with Gasteiger partial charge in [0.2, 0.25) is 0 Å². The van der Waals surface area contributed by atoms with Crippen molar-refractivity contribution in [1.82, 2.24) is 0 Å². The highest BCUT2D eigenvalue weighted by Gasteiger charge is 2.21. The average molecular weight is 324 g/mol. The molecule has 0 N–H and O–H groups in total. The molecule has 1 aromatic heterocycles. The van der Waals surface area contributed by atoms with Crippen LogP contribution in [0.5, 0.6) is 0 Å². The van der Waals surface area contributed by atoms with E-state index in [-0.39, 0.29) is 5.38 Å². The molecular formula is C13H20BrClS. The summed E-state index contributed by atoms with van der Waals surface area (Å²) in [5, 5.41) is 0.190. The zero-order valence-corrected chi connectivity index (χ0v) is 13.4. The van der Waals surface area contributed by atoms with Gasteiger partial charge in [0.25, 0.3) is 0 Å². The first kappa shape index (κ1) is 14.5. The second kappa shape index (κ2) is 7.03. The van der Waals surface area contributed by atoms with Crippen molar-refractivity contribution >= 4 is 38.9 Å². The van der Waals surface area contributed by atoms with Crippen LogP contribution in [0.25, 0.3) is 0 Å². The molecule has 0 spiro atoms. The molecule has 0 saturated heterocycles. The van der Waals surface area contributed by atoms with Gasteiger partial charge in [-0.25, -0.2) is 0 Å². The molecule has 0 fully saturated rings. The first-order valence-electron chi connectivity index (χ1n) is 6.00. The van der Waals surface area contributed by atoms with Gasteiger partial charge < -0.3 is 0 Å². The molecule has 1 heterocycles. The summed E-state index contributed by atoms with van der Waals surface area (Å²) < 4.78 is 1.22. The second-order valence-electron chi connectivity index (χ2n) is 4.34.